The summed E-state index contributed by atoms with van der Waals surface area (Å²) >= 11 is 0. The molecule has 5 heteroatoms. The number of rotatable bonds is 3. The average Bonchev–Trinajstić information content (AvgIpc) is 2.90. The van der Waals surface area contributed by atoms with E-state index < -0.39 is 12.0 Å². The fraction of sp³-hybridized carbons (Fsp3) is 0.800. The largest absolute Gasteiger partial charge is 0.480 e. The van der Waals surface area contributed by atoms with Crippen molar-refractivity contribution in [3.8, 4) is 0 Å². The van der Waals surface area contributed by atoms with Gasteiger partial charge in [-0.3, -0.25) is 9.59 Å². The molecule has 2 aliphatic rings. The summed E-state index contributed by atoms with van der Waals surface area (Å²) in [5.74, 6) is -1.27. The van der Waals surface area contributed by atoms with Crippen molar-refractivity contribution in [2.24, 2.45) is 11.7 Å². The van der Waals surface area contributed by atoms with Crippen LogP contribution >= 0.6 is 0 Å². The van der Waals surface area contributed by atoms with Crippen LogP contribution in [0.1, 0.15) is 32.1 Å². The van der Waals surface area contributed by atoms with Crippen LogP contribution in [0, 0.1) is 5.92 Å². The van der Waals surface area contributed by atoms with E-state index in [0.717, 1.165) is 25.7 Å². The second-order valence-electron chi connectivity index (χ2n) is 4.69. The number of amides is 1. The van der Waals surface area contributed by atoms with Gasteiger partial charge in [0, 0.05) is 11.5 Å². The maximum atomic E-state index is 11.6. The Kier molecular flexibility index (Phi) is 2.42. The van der Waals surface area contributed by atoms with Gasteiger partial charge in [0.25, 0.3) is 0 Å². The van der Waals surface area contributed by atoms with E-state index in [0.29, 0.717) is 0 Å². The number of carboxylic acids is 1. The summed E-state index contributed by atoms with van der Waals surface area (Å²) in [5.41, 5.74) is 5.48. The predicted molar refractivity (Wildman–Crippen MR) is 53.1 cm³/mol. The Morgan fingerprint density at radius 2 is 2.27 bits per heavy atom. The lowest BCUT2D eigenvalue weighted by Gasteiger charge is -2.29. The standard InChI is InChI=1S/C10H16N2O3/c11-7(9(14)15)5-6-1-2-10(3-4-10)12-8(6)13/h6-7H,1-5,11H2,(H,12,13)(H,14,15). The number of nitrogens with two attached hydrogens (primary N) is 1. The van der Waals surface area contributed by atoms with Crippen molar-refractivity contribution in [3.05, 3.63) is 0 Å². The summed E-state index contributed by atoms with van der Waals surface area (Å²) in [6.45, 7) is 0. The van der Waals surface area contributed by atoms with Crippen molar-refractivity contribution < 1.29 is 14.7 Å². The molecule has 0 aromatic heterocycles. The Hall–Kier alpha value is -1.10. The van der Waals surface area contributed by atoms with Gasteiger partial charge in [0.1, 0.15) is 6.04 Å². The van der Waals surface area contributed by atoms with Gasteiger partial charge in [-0.1, -0.05) is 0 Å². The van der Waals surface area contributed by atoms with Crippen molar-refractivity contribution in [3.63, 3.8) is 0 Å². The second-order valence-corrected chi connectivity index (χ2v) is 4.69. The van der Waals surface area contributed by atoms with E-state index in [9.17, 15) is 9.59 Å². The van der Waals surface area contributed by atoms with Gasteiger partial charge in [-0.2, -0.15) is 0 Å². The molecule has 4 N–H and O–H groups in total. The molecule has 2 unspecified atom stereocenters. The molecule has 1 aliphatic heterocycles. The number of nitrogens with one attached hydrogen (secondary N) is 1. The highest BCUT2D eigenvalue weighted by Gasteiger charge is 2.48. The first-order valence-corrected chi connectivity index (χ1v) is 5.33. The van der Waals surface area contributed by atoms with Crippen LogP contribution in [-0.2, 0) is 9.59 Å². The molecule has 0 radical (unpaired) electrons. The normalized spacial score (nSPS) is 29.7. The summed E-state index contributed by atoms with van der Waals surface area (Å²) < 4.78 is 0. The summed E-state index contributed by atoms with van der Waals surface area (Å²) in [4.78, 5) is 22.2. The summed E-state index contributed by atoms with van der Waals surface area (Å²) in [6.07, 6.45) is 4.12. The molecule has 2 fully saturated rings. The van der Waals surface area contributed by atoms with E-state index in [2.05, 4.69) is 5.32 Å². The fourth-order valence-electron chi connectivity index (χ4n) is 2.17. The van der Waals surface area contributed by atoms with Gasteiger partial charge < -0.3 is 16.2 Å². The molecular weight excluding hydrogens is 196 g/mol. The van der Waals surface area contributed by atoms with Gasteiger partial charge in [0.05, 0.1) is 0 Å². The molecule has 5 nitrogen and oxygen atoms in total. The maximum Gasteiger partial charge on any atom is 0.320 e. The lowest BCUT2D eigenvalue weighted by molar-refractivity contribution is -0.139. The number of carbonyl (C=O) groups is 2. The van der Waals surface area contributed by atoms with E-state index in [4.69, 9.17) is 10.8 Å². The average molecular weight is 212 g/mol. The molecule has 1 amide bonds. The minimum absolute atomic E-state index is 0.0181. The zero-order valence-electron chi connectivity index (χ0n) is 8.53. The van der Waals surface area contributed by atoms with Gasteiger partial charge in [0.15, 0.2) is 0 Å². The SMILES string of the molecule is NC(CC1CCC2(CC2)NC1=O)C(=O)O. The van der Waals surface area contributed by atoms with Gasteiger partial charge in [0.2, 0.25) is 5.91 Å². The molecule has 2 rings (SSSR count). The Balaban J connectivity index is 1.88. The highest BCUT2D eigenvalue weighted by Crippen LogP contribution is 2.43. The monoisotopic (exact) mass is 212 g/mol. The molecule has 0 aromatic carbocycles. The molecule has 1 saturated heterocycles. The highest BCUT2D eigenvalue weighted by molar-refractivity contribution is 5.82. The number of piperidine rings is 1. The first kappa shape index (κ1) is 10.4. The first-order valence-electron chi connectivity index (χ1n) is 5.33. The van der Waals surface area contributed by atoms with Crippen molar-refractivity contribution in [1.29, 1.82) is 0 Å². The number of hydrogen-bond donors (Lipinski definition) is 3. The third kappa shape index (κ3) is 2.12. The summed E-state index contributed by atoms with van der Waals surface area (Å²) in [7, 11) is 0. The number of carboxylic acid groups (broad SMARTS) is 1. The van der Waals surface area contributed by atoms with E-state index in [-0.39, 0.29) is 23.8 Å². The third-order valence-electron chi connectivity index (χ3n) is 3.44. The van der Waals surface area contributed by atoms with Crippen LogP contribution in [0.3, 0.4) is 0 Å². The fourth-order valence-corrected chi connectivity index (χ4v) is 2.17. The van der Waals surface area contributed by atoms with E-state index in [1.165, 1.54) is 0 Å². The van der Waals surface area contributed by atoms with Crippen LogP contribution < -0.4 is 11.1 Å². The quantitative estimate of drug-likeness (QED) is 0.606. The molecule has 2 atom stereocenters. The zero-order chi connectivity index (χ0) is 11.1. The lowest BCUT2D eigenvalue weighted by atomic mass is 9.88. The number of aliphatic carboxylic acids is 1. The molecule has 0 aromatic rings. The second kappa shape index (κ2) is 3.48. The van der Waals surface area contributed by atoms with Crippen LogP contribution in [-0.4, -0.2) is 28.6 Å². The smallest absolute Gasteiger partial charge is 0.320 e. The van der Waals surface area contributed by atoms with Crippen molar-refractivity contribution >= 4 is 11.9 Å². The number of carbonyl (C=O) groups excluding carboxylic acids is 1. The van der Waals surface area contributed by atoms with Gasteiger partial charge in [-0.25, -0.2) is 0 Å². The summed E-state index contributed by atoms with van der Waals surface area (Å²) in [6, 6.07) is -0.922. The minimum Gasteiger partial charge on any atom is -0.480 e. The summed E-state index contributed by atoms with van der Waals surface area (Å²) in [5, 5.41) is 11.6. The predicted octanol–water partition coefficient (Wildman–Crippen LogP) is -0.153. The van der Waals surface area contributed by atoms with Crippen LogP contribution in [0.2, 0.25) is 0 Å². The topological polar surface area (TPSA) is 92.4 Å². The van der Waals surface area contributed by atoms with Crippen LogP contribution in [0.4, 0.5) is 0 Å². The van der Waals surface area contributed by atoms with Crippen molar-refractivity contribution in [2.45, 2.75) is 43.7 Å². The lowest BCUT2D eigenvalue weighted by Crippen LogP contribution is -2.48. The zero-order valence-corrected chi connectivity index (χ0v) is 8.53. The van der Waals surface area contributed by atoms with Crippen LogP contribution in [0.25, 0.3) is 0 Å². The Bertz CT molecular complexity index is 299. The highest BCUT2D eigenvalue weighted by atomic mass is 16.4. The minimum atomic E-state index is -1.03. The Labute approximate surface area is 88.0 Å². The van der Waals surface area contributed by atoms with E-state index in [1.54, 1.807) is 0 Å². The Morgan fingerprint density at radius 1 is 1.60 bits per heavy atom. The molecule has 1 spiro atoms. The third-order valence-corrected chi connectivity index (χ3v) is 3.44. The van der Waals surface area contributed by atoms with Gasteiger partial charge in [-0.15, -0.1) is 0 Å². The molecule has 0 bridgehead atoms. The van der Waals surface area contributed by atoms with Crippen LogP contribution in [0.5, 0.6) is 0 Å². The molecule has 15 heavy (non-hydrogen) atoms. The van der Waals surface area contributed by atoms with Gasteiger partial charge >= 0.3 is 5.97 Å². The molecule has 1 saturated carbocycles. The molecule has 1 aliphatic carbocycles. The van der Waals surface area contributed by atoms with Crippen molar-refractivity contribution in [2.75, 3.05) is 0 Å². The maximum absolute atomic E-state index is 11.6. The van der Waals surface area contributed by atoms with Crippen molar-refractivity contribution in [1.82, 2.24) is 5.32 Å². The molecular formula is C10H16N2O3. The number of hydrogen-bond acceptors (Lipinski definition) is 3. The molecule has 1 heterocycles. The molecule has 84 valence electrons. The Morgan fingerprint density at radius 3 is 2.73 bits per heavy atom. The van der Waals surface area contributed by atoms with Gasteiger partial charge in [-0.05, 0) is 32.1 Å². The van der Waals surface area contributed by atoms with E-state index in [1.807, 2.05) is 0 Å². The van der Waals surface area contributed by atoms with E-state index >= 15 is 0 Å². The first-order chi connectivity index (χ1) is 7.02. The van der Waals surface area contributed by atoms with Crippen LogP contribution in [0.15, 0.2) is 0 Å².